The number of carbonyl (C=O) groups is 1. The molecule has 0 aromatic heterocycles. The Bertz CT molecular complexity index is 447. The van der Waals surface area contributed by atoms with Crippen molar-refractivity contribution in [3.8, 4) is 0 Å². The molecule has 0 aliphatic heterocycles. The van der Waals surface area contributed by atoms with E-state index in [9.17, 15) is 4.79 Å². The molecule has 1 aromatic carbocycles. The zero-order valence-electron chi connectivity index (χ0n) is 12.8. The summed E-state index contributed by atoms with van der Waals surface area (Å²) >= 11 is 0. The SMILES string of the molecule is Cc1ccc(C(C)(C)C)cc1CCN(C)C(=O)CN. The number of likely N-dealkylation sites (N-methyl/N-ethyl adjacent to an activating group) is 1. The van der Waals surface area contributed by atoms with Gasteiger partial charge in [-0.2, -0.15) is 0 Å². The van der Waals surface area contributed by atoms with Gasteiger partial charge in [-0.15, -0.1) is 0 Å². The highest BCUT2D eigenvalue weighted by Crippen LogP contribution is 2.24. The molecule has 19 heavy (non-hydrogen) atoms. The quantitative estimate of drug-likeness (QED) is 0.904. The van der Waals surface area contributed by atoms with Crippen LogP contribution in [0.1, 0.15) is 37.5 Å². The standard InChI is InChI=1S/C16H26N2O/c1-12-6-7-14(16(2,3)4)10-13(12)8-9-18(5)15(19)11-17/h6-7,10H,8-9,11,17H2,1-5H3. The largest absolute Gasteiger partial charge is 0.344 e. The minimum absolute atomic E-state index is 0.00960. The van der Waals surface area contributed by atoms with Crippen molar-refractivity contribution in [1.29, 1.82) is 0 Å². The molecule has 1 amide bonds. The molecule has 0 radical (unpaired) electrons. The molecule has 0 unspecified atom stereocenters. The van der Waals surface area contributed by atoms with Gasteiger partial charge in [-0.25, -0.2) is 0 Å². The van der Waals surface area contributed by atoms with E-state index < -0.39 is 0 Å². The van der Waals surface area contributed by atoms with Gasteiger partial charge < -0.3 is 10.6 Å². The number of amides is 1. The predicted molar refractivity (Wildman–Crippen MR) is 80.3 cm³/mol. The minimum atomic E-state index is -0.00960. The van der Waals surface area contributed by atoms with Crippen LogP contribution in [0.4, 0.5) is 0 Å². The van der Waals surface area contributed by atoms with Gasteiger partial charge in [0.25, 0.3) is 0 Å². The normalized spacial score (nSPS) is 11.5. The molecule has 0 atom stereocenters. The third-order valence-electron chi connectivity index (χ3n) is 3.53. The van der Waals surface area contributed by atoms with E-state index >= 15 is 0 Å². The Balaban J connectivity index is 2.81. The van der Waals surface area contributed by atoms with Crippen LogP contribution in [-0.2, 0) is 16.6 Å². The lowest BCUT2D eigenvalue weighted by molar-refractivity contribution is -0.128. The van der Waals surface area contributed by atoms with Crippen LogP contribution in [0.2, 0.25) is 0 Å². The molecule has 0 saturated carbocycles. The summed E-state index contributed by atoms with van der Waals surface area (Å²) in [6, 6.07) is 6.62. The maximum atomic E-state index is 11.4. The summed E-state index contributed by atoms with van der Waals surface area (Å²) in [5, 5.41) is 0. The Morgan fingerprint density at radius 1 is 1.32 bits per heavy atom. The lowest BCUT2D eigenvalue weighted by Gasteiger charge is -2.22. The number of hydrogen-bond donors (Lipinski definition) is 1. The molecule has 1 rings (SSSR count). The molecule has 0 bridgehead atoms. The first kappa shape index (κ1) is 15.7. The number of aryl methyl sites for hydroxylation is 1. The molecule has 3 heteroatoms. The number of benzene rings is 1. The van der Waals surface area contributed by atoms with Gasteiger partial charge in [-0.1, -0.05) is 39.0 Å². The van der Waals surface area contributed by atoms with E-state index in [-0.39, 0.29) is 17.9 Å². The van der Waals surface area contributed by atoms with E-state index in [1.807, 2.05) is 0 Å². The molecular weight excluding hydrogens is 236 g/mol. The topological polar surface area (TPSA) is 46.3 Å². The van der Waals surface area contributed by atoms with Crippen molar-refractivity contribution in [3.63, 3.8) is 0 Å². The summed E-state index contributed by atoms with van der Waals surface area (Å²) < 4.78 is 0. The third kappa shape index (κ3) is 4.35. The second kappa shape index (κ2) is 6.20. The fourth-order valence-electron chi connectivity index (χ4n) is 1.98. The molecule has 2 N–H and O–H groups in total. The van der Waals surface area contributed by atoms with Crippen LogP contribution >= 0.6 is 0 Å². The van der Waals surface area contributed by atoms with Gasteiger partial charge in [-0.3, -0.25) is 4.79 Å². The summed E-state index contributed by atoms with van der Waals surface area (Å²) in [7, 11) is 1.80. The number of nitrogens with zero attached hydrogens (tertiary/aromatic N) is 1. The van der Waals surface area contributed by atoms with E-state index in [1.54, 1.807) is 11.9 Å². The smallest absolute Gasteiger partial charge is 0.236 e. The average Bonchev–Trinajstić information content (AvgIpc) is 2.35. The molecule has 106 valence electrons. The van der Waals surface area contributed by atoms with Crippen LogP contribution in [0, 0.1) is 6.92 Å². The van der Waals surface area contributed by atoms with Crippen LogP contribution in [0.5, 0.6) is 0 Å². The molecule has 0 aliphatic carbocycles. The Morgan fingerprint density at radius 3 is 2.47 bits per heavy atom. The Morgan fingerprint density at radius 2 is 1.95 bits per heavy atom. The Hall–Kier alpha value is -1.35. The first-order valence-electron chi connectivity index (χ1n) is 6.79. The maximum Gasteiger partial charge on any atom is 0.236 e. The summed E-state index contributed by atoms with van der Waals surface area (Å²) in [6.45, 7) is 9.55. The molecule has 0 fully saturated rings. The lowest BCUT2D eigenvalue weighted by atomic mass is 9.85. The second-order valence-electron chi connectivity index (χ2n) is 6.16. The highest BCUT2D eigenvalue weighted by Gasteiger charge is 2.15. The summed E-state index contributed by atoms with van der Waals surface area (Å²) in [6.07, 6.45) is 0.873. The highest BCUT2D eigenvalue weighted by molar-refractivity contribution is 5.77. The van der Waals surface area contributed by atoms with E-state index in [4.69, 9.17) is 5.73 Å². The first-order valence-corrected chi connectivity index (χ1v) is 6.79. The van der Waals surface area contributed by atoms with Crippen molar-refractivity contribution in [2.45, 2.75) is 39.5 Å². The monoisotopic (exact) mass is 262 g/mol. The van der Waals surface area contributed by atoms with Crippen LogP contribution in [0.25, 0.3) is 0 Å². The minimum Gasteiger partial charge on any atom is -0.344 e. The van der Waals surface area contributed by atoms with Crippen LogP contribution in [-0.4, -0.2) is 30.9 Å². The molecule has 0 aliphatic rings. The molecule has 0 saturated heterocycles. The number of hydrogen-bond acceptors (Lipinski definition) is 2. The van der Waals surface area contributed by atoms with Crippen molar-refractivity contribution < 1.29 is 4.79 Å². The van der Waals surface area contributed by atoms with Crippen molar-refractivity contribution in [3.05, 3.63) is 34.9 Å². The summed E-state index contributed by atoms with van der Waals surface area (Å²) in [5.41, 5.74) is 9.44. The van der Waals surface area contributed by atoms with Crippen LogP contribution in [0.15, 0.2) is 18.2 Å². The first-order chi connectivity index (χ1) is 8.75. The Kier molecular flexibility index (Phi) is 5.12. The maximum absolute atomic E-state index is 11.4. The number of carbonyl (C=O) groups excluding carboxylic acids is 1. The zero-order valence-corrected chi connectivity index (χ0v) is 12.8. The van der Waals surface area contributed by atoms with Crippen molar-refractivity contribution in [1.82, 2.24) is 4.90 Å². The molecule has 3 nitrogen and oxygen atoms in total. The van der Waals surface area contributed by atoms with Gasteiger partial charge in [0, 0.05) is 13.6 Å². The lowest BCUT2D eigenvalue weighted by Crippen LogP contribution is -2.34. The van der Waals surface area contributed by atoms with Gasteiger partial charge >= 0.3 is 0 Å². The second-order valence-corrected chi connectivity index (χ2v) is 6.16. The van der Waals surface area contributed by atoms with Gasteiger partial charge in [0.15, 0.2) is 0 Å². The zero-order chi connectivity index (χ0) is 14.6. The van der Waals surface area contributed by atoms with Crippen molar-refractivity contribution in [2.24, 2.45) is 5.73 Å². The average molecular weight is 262 g/mol. The molecule has 0 heterocycles. The molecule has 0 spiro atoms. The van der Waals surface area contributed by atoms with E-state index in [0.717, 1.165) is 6.42 Å². The van der Waals surface area contributed by atoms with E-state index in [1.165, 1.54) is 16.7 Å². The fraction of sp³-hybridized carbons (Fsp3) is 0.562. The molecule has 1 aromatic rings. The van der Waals surface area contributed by atoms with Gasteiger partial charge in [-0.05, 0) is 35.4 Å². The van der Waals surface area contributed by atoms with E-state index in [0.29, 0.717) is 6.54 Å². The van der Waals surface area contributed by atoms with Crippen LogP contribution < -0.4 is 5.73 Å². The van der Waals surface area contributed by atoms with Gasteiger partial charge in [0.05, 0.1) is 6.54 Å². The van der Waals surface area contributed by atoms with Crippen molar-refractivity contribution >= 4 is 5.91 Å². The third-order valence-corrected chi connectivity index (χ3v) is 3.53. The summed E-state index contributed by atoms with van der Waals surface area (Å²) in [5.74, 6) is -0.00960. The van der Waals surface area contributed by atoms with Gasteiger partial charge in [0.2, 0.25) is 5.91 Å². The fourth-order valence-corrected chi connectivity index (χ4v) is 1.98. The Labute approximate surface area is 116 Å². The number of rotatable bonds is 4. The van der Waals surface area contributed by atoms with Gasteiger partial charge in [0.1, 0.15) is 0 Å². The summed E-state index contributed by atoms with van der Waals surface area (Å²) in [4.78, 5) is 13.1. The predicted octanol–water partition coefficient (Wildman–Crippen LogP) is 2.25. The highest BCUT2D eigenvalue weighted by atomic mass is 16.2. The number of nitrogens with two attached hydrogens (primary N) is 1. The van der Waals surface area contributed by atoms with E-state index in [2.05, 4.69) is 45.9 Å². The van der Waals surface area contributed by atoms with Crippen LogP contribution in [0.3, 0.4) is 0 Å². The van der Waals surface area contributed by atoms with Crippen molar-refractivity contribution in [2.75, 3.05) is 20.1 Å². The molecular formula is C16H26N2O.